The van der Waals surface area contributed by atoms with Gasteiger partial charge in [-0.1, -0.05) is 168 Å². The summed E-state index contributed by atoms with van der Waals surface area (Å²) in [5, 5.41) is 54.1. The smallest absolute Gasteiger partial charge is 0.220 e. The van der Waals surface area contributed by atoms with E-state index in [1.54, 1.807) is 0 Å². The third kappa shape index (κ3) is 22.1. The summed E-state index contributed by atoms with van der Waals surface area (Å²) < 4.78 is 11.2. The topological polar surface area (TPSA) is 149 Å². The molecule has 1 aliphatic heterocycles. The Hall–Kier alpha value is -0.810. The van der Waals surface area contributed by atoms with Crippen LogP contribution in [-0.2, 0) is 14.3 Å². The maximum absolute atomic E-state index is 12.9. The molecule has 48 heavy (non-hydrogen) atoms. The molecule has 0 saturated carbocycles. The Morgan fingerprint density at radius 3 is 1.48 bits per heavy atom. The fraction of sp³-hybridized carbons (Fsp3) is 0.974. The molecule has 1 aliphatic rings. The minimum atomic E-state index is -1.55. The molecule has 0 aromatic heterocycles. The minimum Gasteiger partial charge on any atom is -0.394 e. The van der Waals surface area contributed by atoms with Crippen LogP contribution in [0.25, 0.3) is 0 Å². The number of amides is 1. The van der Waals surface area contributed by atoms with Gasteiger partial charge in [-0.2, -0.15) is 0 Å². The largest absolute Gasteiger partial charge is 0.394 e. The van der Waals surface area contributed by atoms with Crippen LogP contribution in [0, 0.1) is 0 Å². The first-order valence-electron chi connectivity index (χ1n) is 20.2. The molecule has 9 nitrogen and oxygen atoms in total. The number of carbonyl (C=O) groups is 1. The van der Waals surface area contributed by atoms with Gasteiger partial charge in [-0.15, -0.1) is 0 Å². The van der Waals surface area contributed by atoms with Crippen molar-refractivity contribution in [3.63, 3.8) is 0 Å². The third-order valence-corrected chi connectivity index (χ3v) is 9.96. The number of hydrogen-bond donors (Lipinski definition) is 6. The average Bonchev–Trinajstić information content (AvgIpc) is 3.08. The summed E-state index contributed by atoms with van der Waals surface area (Å²) in [6, 6.07) is -0.709. The van der Waals surface area contributed by atoms with Gasteiger partial charge in [0.1, 0.15) is 24.4 Å². The maximum atomic E-state index is 12.9. The molecule has 0 aromatic rings. The van der Waals surface area contributed by atoms with Gasteiger partial charge in [0.15, 0.2) is 6.29 Å². The number of aliphatic hydroxyl groups is 5. The molecule has 0 spiro atoms. The maximum Gasteiger partial charge on any atom is 0.220 e. The van der Waals surface area contributed by atoms with E-state index < -0.39 is 49.5 Å². The van der Waals surface area contributed by atoms with Crippen molar-refractivity contribution in [2.75, 3.05) is 13.2 Å². The molecule has 286 valence electrons. The van der Waals surface area contributed by atoms with Crippen LogP contribution >= 0.6 is 0 Å². The Labute approximate surface area is 294 Å². The molecule has 7 atom stereocenters. The van der Waals surface area contributed by atoms with E-state index in [1.165, 1.54) is 122 Å². The highest BCUT2D eigenvalue weighted by Crippen LogP contribution is 2.23. The lowest BCUT2D eigenvalue weighted by Gasteiger charge is -2.40. The zero-order valence-electron chi connectivity index (χ0n) is 31.0. The highest BCUT2D eigenvalue weighted by atomic mass is 16.7. The van der Waals surface area contributed by atoms with E-state index in [2.05, 4.69) is 19.2 Å². The van der Waals surface area contributed by atoms with Crippen molar-refractivity contribution in [1.82, 2.24) is 5.32 Å². The Morgan fingerprint density at radius 1 is 0.625 bits per heavy atom. The van der Waals surface area contributed by atoms with Gasteiger partial charge in [-0.3, -0.25) is 4.79 Å². The summed E-state index contributed by atoms with van der Waals surface area (Å²) in [7, 11) is 0. The van der Waals surface area contributed by atoms with E-state index in [9.17, 15) is 30.3 Å². The first-order chi connectivity index (χ1) is 23.3. The van der Waals surface area contributed by atoms with Gasteiger partial charge in [-0.05, 0) is 12.8 Å². The standard InChI is InChI=1S/C39H77NO8/c1-3-5-7-9-11-13-15-17-18-20-22-24-26-28-33(42)32(31-47-39-38(46)37(45)36(44)34(30-41)48-39)40-35(43)29-27-25-23-21-19-16-14-12-10-8-6-4-2/h32-34,36-39,41-42,44-46H,3-31H2,1-2H3,(H,40,43)/t32-,33+,34+,36+,37?,38?,39+/m0/s1. The molecular formula is C39H77NO8. The fourth-order valence-corrected chi connectivity index (χ4v) is 6.63. The Bertz CT molecular complexity index is 726. The highest BCUT2D eigenvalue weighted by Gasteiger charge is 2.44. The molecule has 9 heteroatoms. The molecule has 6 N–H and O–H groups in total. The quantitative estimate of drug-likeness (QED) is 0.0396. The normalized spacial score (nSPS) is 22.5. The summed E-state index contributed by atoms with van der Waals surface area (Å²) in [6.07, 6.45) is 23.9. The number of carbonyl (C=O) groups excluding carboxylic acids is 1. The zero-order valence-corrected chi connectivity index (χ0v) is 31.0. The Balaban J connectivity index is 2.40. The predicted octanol–water partition coefficient (Wildman–Crippen LogP) is 7.22. The van der Waals surface area contributed by atoms with Crippen LogP contribution < -0.4 is 5.32 Å². The van der Waals surface area contributed by atoms with Crippen molar-refractivity contribution in [3.05, 3.63) is 0 Å². The van der Waals surface area contributed by atoms with Gasteiger partial charge < -0.3 is 40.3 Å². The lowest BCUT2D eigenvalue weighted by atomic mass is 9.99. The van der Waals surface area contributed by atoms with Crippen LogP contribution in [0.3, 0.4) is 0 Å². The van der Waals surface area contributed by atoms with E-state index >= 15 is 0 Å². The number of aliphatic hydroxyl groups excluding tert-OH is 5. The molecule has 1 saturated heterocycles. The van der Waals surface area contributed by atoms with Gasteiger partial charge in [0.2, 0.25) is 5.91 Å². The van der Waals surface area contributed by atoms with Crippen molar-refractivity contribution in [1.29, 1.82) is 0 Å². The number of hydrogen-bond acceptors (Lipinski definition) is 8. The van der Waals surface area contributed by atoms with E-state index in [0.29, 0.717) is 12.8 Å². The Kier molecular flexibility index (Phi) is 29.2. The van der Waals surface area contributed by atoms with Crippen molar-refractivity contribution in [2.45, 2.75) is 230 Å². The Morgan fingerprint density at radius 2 is 1.04 bits per heavy atom. The number of unbranched alkanes of at least 4 members (excludes halogenated alkanes) is 23. The van der Waals surface area contributed by atoms with E-state index in [-0.39, 0.29) is 12.5 Å². The predicted molar refractivity (Wildman–Crippen MR) is 194 cm³/mol. The molecule has 2 unspecified atom stereocenters. The molecule has 0 radical (unpaired) electrons. The lowest BCUT2D eigenvalue weighted by molar-refractivity contribution is -0.302. The first-order valence-corrected chi connectivity index (χ1v) is 20.2. The number of rotatable bonds is 33. The average molecular weight is 688 g/mol. The molecular weight excluding hydrogens is 610 g/mol. The lowest BCUT2D eigenvalue weighted by Crippen LogP contribution is -2.60. The molecule has 0 aromatic carbocycles. The zero-order chi connectivity index (χ0) is 35.2. The second-order valence-corrected chi connectivity index (χ2v) is 14.4. The second-order valence-electron chi connectivity index (χ2n) is 14.4. The fourth-order valence-electron chi connectivity index (χ4n) is 6.63. The van der Waals surface area contributed by atoms with Gasteiger partial charge in [0.25, 0.3) is 0 Å². The van der Waals surface area contributed by atoms with E-state index in [1.807, 2.05) is 0 Å². The van der Waals surface area contributed by atoms with E-state index in [4.69, 9.17) is 9.47 Å². The summed E-state index contributed by atoms with van der Waals surface area (Å²) in [5.41, 5.74) is 0. The molecule has 1 heterocycles. The van der Waals surface area contributed by atoms with Gasteiger partial charge in [-0.25, -0.2) is 0 Å². The van der Waals surface area contributed by atoms with E-state index in [0.717, 1.165) is 38.5 Å². The van der Waals surface area contributed by atoms with Crippen molar-refractivity contribution in [2.24, 2.45) is 0 Å². The van der Waals surface area contributed by atoms with Crippen LogP contribution in [-0.4, -0.2) is 87.5 Å². The van der Waals surface area contributed by atoms with Gasteiger partial charge >= 0.3 is 0 Å². The van der Waals surface area contributed by atoms with Crippen LogP contribution in [0.5, 0.6) is 0 Å². The minimum absolute atomic E-state index is 0.132. The molecule has 1 rings (SSSR count). The number of ether oxygens (including phenoxy) is 2. The summed E-state index contributed by atoms with van der Waals surface area (Å²) in [5.74, 6) is -0.145. The van der Waals surface area contributed by atoms with Gasteiger partial charge in [0.05, 0.1) is 25.4 Å². The molecule has 0 aliphatic carbocycles. The van der Waals surface area contributed by atoms with Crippen LogP contribution in [0.2, 0.25) is 0 Å². The molecule has 1 amide bonds. The van der Waals surface area contributed by atoms with Gasteiger partial charge in [0, 0.05) is 6.42 Å². The van der Waals surface area contributed by atoms with Crippen molar-refractivity contribution < 1.29 is 39.8 Å². The van der Waals surface area contributed by atoms with Crippen molar-refractivity contribution >= 4 is 5.91 Å². The summed E-state index contributed by atoms with van der Waals surface area (Å²) in [4.78, 5) is 12.9. The van der Waals surface area contributed by atoms with Crippen molar-refractivity contribution in [3.8, 4) is 0 Å². The van der Waals surface area contributed by atoms with Crippen LogP contribution in [0.15, 0.2) is 0 Å². The third-order valence-electron chi connectivity index (χ3n) is 9.96. The molecule has 0 bridgehead atoms. The van der Waals surface area contributed by atoms with Crippen LogP contribution in [0.4, 0.5) is 0 Å². The molecule has 1 fully saturated rings. The second kappa shape index (κ2) is 31.0. The first kappa shape index (κ1) is 45.2. The summed E-state index contributed by atoms with van der Waals surface area (Å²) >= 11 is 0. The van der Waals surface area contributed by atoms with Crippen LogP contribution in [0.1, 0.15) is 187 Å². The SMILES string of the molecule is CCCCCCCCCCCCCCC[C@@H](O)[C@H](CO[C@@H]1O[C@H](CO)[C@@H](O)C(O)C1O)NC(=O)CCCCCCCCCCCCCC. The monoisotopic (exact) mass is 688 g/mol. The number of nitrogens with one attached hydrogen (secondary N) is 1. The summed E-state index contributed by atoms with van der Waals surface area (Å²) in [6.45, 7) is 3.81. The highest BCUT2D eigenvalue weighted by molar-refractivity contribution is 5.76.